The summed E-state index contributed by atoms with van der Waals surface area (Å²) in [5, 5.41) is 3.29. The molecule has 0 heterocycles. The molecule has 3 heteroatoms. The van der Waals surface area contributed by atoms with Gasteiger partial charge in [0.15, 0.2) is 0 Å². The van der Waals surface area contributed by atoms with Crippen LogP contribution in [-0.4, -0.2) is 0 Å². The Labute approximate surface area is 115 Å². The van der Waals surface area contributed by atoms with Gasteiger partial charge in [0.2, 0.25) is 0 Å². The predicted molar refractivity (Wildman–Crippen MR) is 77.2 cm³/mol. The molecule has 94 valence electrons. The standard InChI is InChI=1S/C15H15BrFN/c1-2-11-5-3-4-6-15(11)18-10-12-9-13(16)7-8-14(12)17/h3-9,18H,2,10H2,1H3. The Morgan fingerprint density at radius 1 is 1.11 bits per heavy atom. The molecule has 0 aliphatic heterocycles. The lowest BCUT2D eigenvalue weighted by molar-refractivity contribution is 0.612. The molecule has 0 fully saturated rings. The molecule has 0 unspecified atom stereocenters. The van der Waals surface area contributed by atoms with Crippen molar-refractivity contribution in [3.63, 3.8) is 0 Å². The highest BCUT2D eigenvalue weighted by Crippen LogP contribution is 2.19. The molecule has 0 radical (unpaired) electrons. The van der Waals surface area contributed by atoms with E-state index in [1.54, 1.807) is 12.1 Å². The predicted octanol–water partition coefficient (Wildman–Crippen LogP) is 4.76. The zero-order valence-electron chi connectivity index (χ0n) is 10.2. The van der Waals surface area contributed by atoms with E-state index in [0.29, 0.717) is 12.1 Å². The van der Waals surface area contributed by atoms with Crippen molar-refractivity contribution in [3.8, 4) is 0 Å². The Bertz CT molecular complexity index is 540. The van der Waals surface area contributed by atoms with Crippen molar-refractivity contribution in [3.05, 3.63) is 63.9 Å². The topological polar surface area (TPSA) is 12.0 Å². The molecule has 0 aliphatic carbocycles. The van der Waals surface area contributed by atoms with Gasteiger partial charge in [0.25, 0.3) is 0 Å². The summed E-state index contributed by atoms with van der Waals surface area (Å²) in [6.07, 6.45) is 0.962. The summed E-state index contributed by atoms with van der Waals surface area (Å²) in [4.78, 5) is 0. The molecule has 0 bridgehead atoms. The lowest BCUT2D eigenvalue weighted by Gasteiger charge is -2.11. The van der Waals surface area contributed by atoms with Crippen molar-refractivity contribution >= 4 is 21.6 Å². The van der Waals surface area contributed by atoms with Crippen LogP contribution >= 0.6 is 15.9 Å². The molecular weight excluding hydrogens is 293 g/mol. The fourth-order valence-corrected chi connectivity index (χ4v) is 2.28. The van der Waals surface area contributed by atoms with Crippen LogP contribution in [0.2, 0.25) is 0 Å². The minimum atomic E-state index is -0.181. The summed E-state index contributed by atoms with van der Waals surface area (Å²) >= 11 is 3.36. The van der Waals surface area contributed by atoms with E-state index >= 15 is 0 Å². The van der Waals surface area contributed by atoms with Gasteiger partial charge in [0.1, 0.15) is 5.82 Å². The van der Waals surface area contributed by atoms with Gasteiger partial charge in [-0.2, -0.15) is 0 Å². The lowest BCUT2D eigenvalue weighted by Crippen LogP contribution is -2.03. The van der Waals surface area contributed by atoms with E-state index < -0.39 is 0 Å². The van der Waals surface area contributed by atoms with Crippen LogP contribution in [0.5, 0.6) is 0 Å². The number of nitrogens with one attached hydrogen (secondary N) is 1. The number of halogens is 2. The third kappa shape index (κ3) is 3.10. The van der Waals surface area contributed by atoms with Crippen LogP contribution in [0.3, 0.4) is 0 Å². The molecule has 2 aromatic carbocycles. The van der Waals surface area contributed by atoms with E-state index in [1.165, 1.54) is 11.6 Å². The van der Waals surface area contributed by atoms with Crippen molar-refractivity contribution in [1.29, 1.82) is 0 Å². The van der Waals surface area contributed by atoms with Gasteiger partial charge in [-0.1, -0.05) is 41.1 Å². The molecule has 1 N–H and O–H groups in total. The van der Waals surface area contributed by atoms with Crippen LogP contribution in [0.4, 0.5) is 10.1 Å². The van der Waals surface area contributed by atoms with E-state index in [0.717, 1.165) is 16.6 Å². The van der Waals surface area contributed by atoms with E-state index in [9.17, 15) is 4.39 Å². The van der Waals surface area contributed by atoms with Crippen LogP contribution < -0.4 is 5.32 Å². The van der Waals surface area contributed by atoms with E-state index in [1.807, 2.05) is 18.2 Å². The normalized spacial score (nSPS) is 10.4. The lowest BCUT2D eigenvalue weighted by atomic mass is 10.1. The number of rotatable bonds is 4. The van der Waals surface area contributed by atoms with Gasteiger partial charge in [-0.25, -0.2) is 4.39 Å². The second kappa shape index (κ2) is 6.01. The summed E-state index contributed by atoms with van der Waals surface area (Å²) in [6.45, 7) is 2.60. The highest BCUT2D eigenvalue weighted by Gasteiger charge is 2.04. The van der Waals surface area contributed by atoms with Gasteiger partial charge < -0.3 is 5.32 Å². The molecule has 2 rings (SSSR count). The monoisotopic (exact) mass is 307 g/mol. The first-order valence-corrected chi connectivity index (χ1v) is 6.75. The van der Waals surface area contributed by atoms with E-state index in [4.69, 9.17) is 0 Å². The fraction of sp³-hybridized carbons (Fsp3) is 0.200. The van der Waals surface area contributed by atoms with Gasteiger partial charge in [-0.15, -0.1) is 0 Å². The highest BCUT2D eigenvalue weighted by atomic mass is 79.9. The number of para-hydroxylation sites is 1. The molecule has 18 heavy (non-hydrogen) atoms. The van der Waals surface area contributed by atoms with Gasteiger partial charge >= 0.3 is 0 Å². The zero-order chi connectivity index (χ0) is 13.0. The fourth-order valence-electron chi connectivity index (χ4n) is 1.87. The Kier molecular flexibility index (Phi) is 4.37. The molecule has 0 saturated carbocycles. The maximum Gasteiger partial charge on any atom is 0.128 e. The highest BCUT2D eigenvalue weighted by molar-refractivity contribution is 9.10. The van der Waals surface area contributed by atoms with Gasteiger partial charge in [-0.05, 0) is 36.2 Å². The smallest absolute Gasteiger partial charge is 0.128 e. The largest absolute Gasteiger partial charge is 0.381 e. The number of aryl methyl sites for hydroxylation is 1. The van der Waals surface area contributed by atoms with Crippen molar-refractivity contribution in [2.75, 3.05) is 5.32 Å². The average Bonchev–Trinajstić information content (AvgIpc) is 2.40. The SMILES string of the molecule is CCc1ccccc1NCc1cc(Br)ccc1F. The molecule has 1 nitrogen and oxygen atoms in total. The summed E-state index contributed by atoms with van der Waals surface area (Å²) in [7, 11) is 0. The van der Waals surface area contributed by atoms with E-state index in [-0.39, 0.29) is 5.82 Å². The molecule has 0 spiro atoms. The van der Waals surface area contributed by atoms with Gasteiger partial charge in [-0.3, -0.25) is 0 Å². The quantitative estimate of drug-likeness (QED) is 0.858. The first kappa shape index (κ1) is 13.1. The number of hydrogen-bond donors (Lipinski definition) is 1. The molecular formula is C15H15BrFN. The summed E-state index contributed by atoms with van der Waals surface area (Å²) in [5.41, 5.74) is 2.97. The van der Waals surface area contributed by atoms with Crippen LogP contribution in [0.15, 0.2) is 46.9 Å². The van der Waals surface area contributed by atoms with Crippen LogP contribution in [-0.2, 0) is 13.0 Å². The third-order valence-electron chi connectivity index (χ3n) is 2.88. The molecule has 2 aromatic rings. The number of benzene rings is 2. The maximum atomic E-state index is 13.6. The summed E-state index contributed by atoms with van der Waals surface area (Å²) in [6, 6.07) is 13.1. The molecule has 0 aromatic heterocycles. The molecule has 0 saturated heterocycles. The van der Waals surface area contributed by atoms with Crippen LogP contribution in [0.1, 0.15) is 18.1 Å². The maximum absolute atomic E-state index is 13.6. The summed E-state index contributed by atoms with van der Waals surface area (Å²) in [5.74, 6) is -0.181. The van der Waals surface area contributed by atoms with Crippen LogP contribution in [0.25, 0.3) is 0 Å². The second-order valence-electron chi connectivity index (χ2n) is 4.10. The minimum absolute atomic E-state index is 0.181. The Hall–Kier alpha value is -1.35. The van der Waals surface area contributed by atoms with Crippen molar-refractivity contribution in [1.82, 2.24) is 0 Å². The third-order valence-corrected chi connectivity index (χ3v) is 3.37. The van der Waals surface area contributed by atoms with E-state index in [2.05, 4.69) is 34.2 Å². The van der Waals surface area contributed by atoms with Gasteiger partial charge in [0, 0.05) is 22.3 Å². The molecule has 0 atom stereocenters. The Morgan fingerprint density at radius 2 is 1.89 bits per heavy atom. The molecule has 0 amide bonds. The van der Waals surface area contributed by atoms with Crippen molar-refractivity contribution in [2.24, 2.45) is 0 Å². The Balaban J connectivity index is 2.14. The first-order chi connectivity index (χ1) is 8.70. The number of hydrogen-bond acceptors (Lipinski definition) is 1. The second-order valence-corrected chi connectivity index (χ2v) is 5.02. The number of anilines is 1. The zero-order valence-corrected chi connectivity index (χ0v) is 11.8. The van der Waals surface area contributed by atoms with Crippen molar-refractivity contribution in [2.45, 2.75) is 19.9 Å². The minimum Gasteiger partial charge on any atom is -0.381 e. The molecule has 0 aliphatic rings. The Morgan fingerprint density at radius 3 is 2.67 bits per heavy atom. The van der Waals surface area contributed by atoms with Gasteiger partial charge in [0.05, 0.1) is 0 Å². The van der Waals surface area contributed by atoms with Crippen molar-refractivity contribution < 1.29 is 4.39 Å². The average molecular weight is 308 g/mol. The first-order valence-electron chi connectivity index (χ1n) is 5.96. The summed E-state index contributed by atoms with van der Waals surface area (Å²) < 4.78 is 14.5. The van der Waals surface area contributed by atoms with Crippen LogP contribution in [0, 0.1) is 5.82 Å².